The maximum atomic E-state index is 13.3. The van der Waals surface area contributed by atoms with Gasteiger partial charge in [0.2, 0.25) is 5.91 Å². The van der Waals surface area contributed by atoms with E-state index in [1.165, 1.54) is 4.68 Å². The second-order valence-corrected chi connectivity index (χ2v) is 8.80. The molecule has 1 aromatic heterocycles. The molecule has 164 valence electrons. The lowest BCUT2D eigenvalue weighted by Gasteiger charge is -2.23. The van der Waals surface area contributed by atoms with Crippen LogP contribution >= 0.6 is 0 Å². The van der Waals surface area contributed by atoms with Crippen molar-refractivity contribution in [3.05, 3.63) is 75.7 Å². The SMILES string of the molecule is Cn1nc(CC(=O)N(Cc2ccc(C(=O)NC3CC3)cc2)C2CC2)c2ccccc2c1=O. The van der Waals surface area contributed by atoms with E-state index in [0.717, 1.165) is 36.6 Å². The van der Waals surface area contributed by atoms with Gasteiger partial charge in [-0.2, -0.15) is 5.10 Å². The maximum Gasteiger partial charge on any atom is 0.274 e. The number of benzene rings is 2. The Morgan fingerprint density at radius 1 is 1.03 bits per heavy atom. The van der Waals surface area contributed by atoms with Crippen LogP contribution in [0.2, 0.25) is 0 Å². The number of rotatable bonds is 7. The fourth-order valence-corrected chi connectivity index (χ4v) is 4.01. The molecule has 2 aliphatic rings. The van der Waals surface area contributed by atoms with Crippen LogP contribution in [0.3, 0.4) is 0 Å². The molecule has 5 rings (SSSR count). The number of amides is 2. The zero-order valence-corrected chi connectivity index (χ0v) is 18.1. The summed E-state index contributed by atoms with van der Waals surface area (Å²) in [6, 6.07) is 15.3. The molecule has 0 bridgehead atoms. The molecule has 0 aliphatic heterocycles. The number of fused-ring (bicyclic) bond motifs is 1. The highest BCUT2D eigenvalue weighted by atomic mass is 16.2. The minimum absolute atomic E-state index is 0.000597. The molecule has 1 N–H and O–H groups in total. The molecule has 7 nitrogen and oxygen atoms in total. The molecule has 7 heteroatoms. The van der Waals surface area contributed by atoms with Gasteiger partial charge in [0.05, 0.1) is 17.5 Å². The zero-order chi connectivity index (χ0) is 22.2. The fourth-order valence-electron chi connectivity index (χ4n) is 4.01. The Morgan fingerprint density at radius 3 is 2.38 bits per heavy atom. The first-order valence-electron chi connectivity index (χ1n) is 11.1. The third kappa shape index (κ3) is 4.28. The van der Waals surface area contributed by atoms with Gasteiger partial charge >= 0.3 is 0 Å². The lowest BCUT2D eigenvalue weighted by molar-refractivity contribution is -0.131. The Hall–Kier alpha value is -3.48. The van der Waals surface area contributed by atoms with Crippen molar-refractivity contribution in [3.63, 3.8) is 0 Å². The molecule has 0 atom stereocenters. The van der Waals surface area contributed by atoms with Crippen LogP contribution < -0.4 is 10.9 Å². The minimum atomic E-state index is -0.165. The van der Waals surface area contributed by atoms with Crippen molar-refractivity contribution in [2.24, 2.45) is 7.05 Å². The lowest BCUT2D eigenvalue weighted by Crippen LogP contribution is -2.34. The van der Waals surface area contributed by atoms with Crippen molar-refractivity contribution in [2.75, 3.05) is 0 Å². The molecule has 2 amide bonds. The van der Waals surface area contributed by atoms with Crippen LogP contribution in [0.25, 0.3) is 10.8 Å². The monoisotopic (exact) mass is 430 g/mol. The largest absolute Gasteiger partial charge is 0.349 e. The van der Waals surface area contributed by atoms with E-state index < -0.39 is 0 Å². The van der Waals surface area contributed by atoms with E-state index in [1.54, 1.807) is 13.1 Å². The molecule has 32 heavy (non-hydrogen) atoms. The number of hydrogen-bond donors (Lipinski definition) is 1. The molecule has 0 unspecified atom stereocenters. The van der Waals surface area contributed by atoms with Gasteiger partial charge in [-0.25, -0.2) is 4.68 Å². The molecule has 2 fully saturated rings. The molecular formula is C25H26N4O3. The van der Waals surface area contributed by atoms with E-state index in [2.05, 4.69) is 10.4 Å². The maximum absolute atomic E-state index is 13.3. The van der Waals surface area contributed by atoms with Crippen LogP contribution in [0, 0.1) is 0 Å². The normalized spacial score (nSPS) is 15.5. The van der Waals surface area contributed by atoms with Crippen LogP contribution in [0.15, 0.2) is 53.3 Å². The van der Waals surface area contributed by atoms with Gasteiger partial charge in [0.25, 0.3) is 11.5 Å². The second-order valence-electron chi connectivity index (χ2n) is 8.80. The Bertz CT molecular complexity index is 1240. The number of aromatic nitrogens is 2. The average molecular weight is 431 g/mol. The van der Waals surface area contributed by atoms with Crippen molar-refractivity contribution < 1.29 is 9.59 Å². The van der Waals surface area contributed by atoms with Gasteiger partial charge in [0.1, 0.15) is 0 Å². The van der Waals surface area contributed by atoms with Crippen molar-refractivity contribution in [2.45, 2.75) is 50.7 Å². The van der Waals surface area contributed by atoms with Crippen LogP contribution in [-0.4, -0.2) is 38.6 Å². The Morgan fingerprint density at radius 2 is 1.72 bits per heavy atom. The highest BCUT2D eigenvalue weighted by molar-refractivity contribution is 5.94. The van der Waals surface area contributed by atoms with Gasteiger partial charge in [-0.3, -0.25) is 14.4 Å². The van der Waals surface area contributed by atoms with Crippen LogP contribution in [0.4, 0.5) is 0 Å². The third-order valence-corrected chi connectivity index (χ3v) is 6.14. The number of hydrogen-bond acceptors (Lipinski definition) is 4. The summed E-state index contributed by atoms with van der Waals surface area (Å²) in [4.78, 5) is 39.8. The van der Waals surface area contributed by atoms with E-state index in [4.69, 9.17) is 0 Å². The fraction of sp³-hybridized carbons (Fsp3) is 0.360. The van der Waals surface area contributed by atoms with Gasteiger partial charge in [0, 0.05) is 36.6 Å². The predicted octanol–water partition coefficient (Wildman–Crippen LogP) is 2.56. The van der Waals surface area contributed by atoms with Crippen LogP contribution in [0.5, 0.6) is 0 Å². The van der Waals surface area contributed by atoms with Crippen molar-refractivity contribution in [3.8, 4) is 0 Å². The van der Waals surface area contributed by atoms with Crippen LogP contribution in [0.1, 0.15) is 47.3 Å². The molecule has 0 radical (unpaired) electrons. The molecule has 2 aromatic carbocycles. The molecular weight excluding hydrogens is 404 g/mol. The first-order valence-corrected chi connectivity index (χ1v) is 11.1. The van der Waals surface area contributed by atoms with E-state index >= 15 is 0 Å². The van der Waals surface area contributed by atoms with Gasteiger partial charge < -0.3 is 10.2 Å². The standard InChI is InChI=1S/C25H26N4O3/c1-28-25(32)21-5-3-2-4-20(21)22(27-28)14-23(30)29(19-12-13-19)15-16-6-8-17(9-7-16)24(31)26-18-10-11-18/h2-9,18-19H,10-15H2,1H3,(H,26,31). The first kappa shape index (κ1) is 20.4. The Kier molecular flexibility index (Phi) is 5.25. The Labute approximate surface area is 186 Å². The van der Waals surface area contributed by atoms with Gasteiger partial charge in [-0.15, -0.1) is 0 Å². The quantitative estimate of drug-likeness (QED) is 0.624. The molecule has 0 saturated heterocycles. The smallest absolute Gasteiger partial charge is 0.274 e. The average Bonchev–Trinajstić information content (AvgIpc) is 3.71. The van der Waals surface area contributed by atoms with E-state index in [1.807, 2.05) is 47.4 Å². The van der Waals surface area contributed by atoms with Gasteiger partial charge in [-0.1, -0.05) is 30.3 Å². The topological polar surface area (TPSA) is 84.3 Å². The summed E-state index contributed by atoms with van der Waals surface area (Å²) in [5.41, 5.74) is 2.09. The summed E-state index contributed by atoms with van der Waals surface area (Å²) in [7, 11) is 1.61. The van der Waals surface area contributed by atoms with Crippen molar-refractivity contribution >= 4 is 22.6 Å². The summed E-state index contributed by atoms with van der Waals surface area (Å²) in [6.45, 7) is 0.498. The molecule has 0 spiro atoms. The zero-order valence-electron chi connectivity index (χ0n) is 18.1. The number of carbonyl (C=O) groups excluding carboxylic acids is 2. The summed E-state index contributed by atoms with van der Waals surface area (Å²) in [5.74, 6) is -0.0406. The Balaban J connectivity index is 1.33. The summed E-state index contributed by atoms with van der Waals surface area (Å²) >= 11 is 0. The number of nitrogens with one attached hydrogen (secondary N) is 1. The highest BCUT2D eigenvalue weighted by Crippen LogP contribution is 2.29. The highest BCUT2D eigenvalue weighted by Gasteiger charge is 2.33. The molecule has 1 heterocycles. The number of carbonyl (C=O) groups is 2. The molecule has 3 aromatic rings. The van der Waals surface area contributed by atoms with E-state index in [-0.39, 0.29) is 29.8 Å². The number of nitrogens with zero attached hydrogens (tertiary/aromatic N) is 3. The van der Waals surface area contributed by atoms with Crippen molar-refractivity contribution in [1.82, 2.24) is 20.0 Å². The summed E-state index contributed by atoms with van der Waals surface area (Å²) in [6.07, 6.45) is 4.25. The predicted molar refractivity (Wildman–Crippen MR) is 121 cm³/mol. The number of aryl methyl sites for hydroxylation is 1. The van der Waals surface area contributed by atoms with E-state index in [0.29, 0.717) is 29.2 Å². The third-order valence-electron chi connectivity index (χ3n) is 6.14. The molecule has 2 saturated carbocycles. The second kappa shape index (κ2) is 8.22. The first-order chi connectivity index (χ1) is 15.5. The lowest BCUT2D eigenvalue weighted by atomic mass is 10.1. The van der Waals surface area contributed by atoms with Crippen molar-refractivity contribution in [1.29, 1.82) is 0 Å². The van der Waals surface area contributed by atoms with E-state index in [9.17, 15) is 14.4 Å². The summed E-state index contributed by atoms with van der Waals surface area (Å²) < 4.78 is 1.30. The summed E-state index contributed by atoms with van der Waals surface area (Å²) in [5, 5.41) is 8.68. The molecule has 2 aliphatic carbocycles. The van der Waals surface area contributed by atoms with Gasteiger partial charge in [0.15, 0.2) is 0 Å². The van der Waals surface area contributed by atoms with Crippen LogP contribution in [-0.2, 0) is 24.8 Å². The van der Waals surface area contributed by atoms with Gasteiger partial charge in [-0.05, 0) is 49.4 Å². The minimum Gasteiger partial charge on any atom is -0.349 e.